The standard InChI is InChI=1S/C21H23N5O3S/c1-16-7-9-18(10-8-16)21-22-24-26(23-21)14-20(27)25(13-17-5-3-2-4-6-17)19-11-12-30(28,29)15-19/h2-10,19H,11-15H2,1H3/t19-/m1/s1. The Bertz CT molecular complexity index is 1130. The minimum atomic E-state index is -3.12. The van der Waals surface area contributed by atoms with Gasteiger partial charge >= 0.3 is 0 Å². The van der Waals surface area contributed by atoms with Crippen LogP contribution >= 0.6 is 0 Å². The minimum Gasteiger partial charge on any atom is -0.333 e. The molecule has 0 unspecified atom stereocenters. The van der Waals surface area contributed by atoms with E-state index >= 15 is 0 Å². The molecule has 0 spiro atoms. The molecule has 0 saturated carbocycles. The van der Waals surface area contributed by atoms with Crippen LogP contribution in [0, 0.1) is 6.92 Å². The molecule has 0 bridgehead atoms. The first-order valence-electron chi connectivity index (χ1n) is 9.78. The molecule has 156 valence electrons. The molecule has 1 aromatic heterocycles. The first-order valence-corrected chi connectivity index (χ1v) is 11.6. The van der Waals surface area contributed by atoms with E-state index in [1.165, 1.54) is 4.80 Å². The van der Waals surface area contributed by atoms with Crippen LogP contribution in [-0.4, -0.2) is 57.0 Å². The summed E-state index contributed by atoms with van der Waals surface area (Å²) < 4.78 is 24.0. The van der Waals surface area contributed by atoms with Crippen molar-refractivity contribution < 1.29 is 13.2 Å². The highest BCUT2D eigenvalue weighted by atomic mass is 32.2. The predicted molar refractivity (Wildman–Crippen MR) is 112 cm³/mol. The fourth-order valence-corrected chi connectivity index (χ4v) is 5.29. The second kappa shape index (κ2) is 8.35. The molecule has 1 fully saturated rings. The lowest BCUT2D eigenvalue weighted by atomic mass is 10.1. The Morgan fingerprint density at radius 2 is 1.87 bits per heavy atom. The molecule has 0 radical (unpaired) electrons. The molecule has 1 atom stereocenters. The summed E-state index contributed by atoms with van der Waals surface area (Å²) in [4.78, 5) is 16.0. The van der Waals surface area contributed by atoms with Crippen molar-refractivity contribution in [1.29, 1.82) is 0 Å². The lowest BCUT2D eigenvalue weighted by Gasteiger charge is -2.28. The number of nitrogens with zero attached hydrogens (tertiary/aromatic N) is 5. The Balaban J connectivity index is 1.52. The van der Waals surface area contributed by atoms with Gasteiger partial charge in [0.25, 0.3) is 0 Å². The van der Waals surface area contributed by atoms with Gasteiger partial charge < -0.3 is 4.90 Å². The second-order valence-corrected chi connectivity index (χ2v) is 9.80. The number of carbonyl (C=O) groups excluding carboxylic acids is 1. The largest absolute Gasteiger partial charge is 0.333 e. The molecule has 0 aliphatic carbocycles. The molecule has 1 saturated heterocycles. The van der Waals surface area contributed by atoms with Gasteiger partial charge in [-0.2, -0.15) is 4.80 Å². The van der Waals surface area contributed by atoms with E-state index in [0.29, 0.717) is 18.8 Å². The molecular formula is C21H23N5O3S. The van der Waals surface area contributed by atoms with Crippen molar-refractivity contribution in [3.05, 3.63) is 65.7 Å². The van der Waals surface area contributed by atoms with Gasteiger partial charge in [0.15, 0.2) is 9.84 Å². The van der Waals surface area contributed by atoms with Gasteiger partial charge in [0.05, 0.1) is 11.5 Å². The highest BCUT2D eigenvalue weighted by Gasteiger charge is 2.35. The minimum absolute atomic E-state index is 0.00895. The first-order chi connectivity index (χ1) is 14.4. The molecule has 1 aliphatic heterocycles. The lowest BCUT2D eigenvalue weighted by molar-refractivity contribution is -0.134. The monoisotopic (exact) mass is 425 g/mol. The van der Waals surface area contributed by atoms with Crippen LogP contribution in [0.1, 0.15) is 17.5 Å². The summed E-state index contributed by atoms with van der Waals surface area (Å²) in [6.45, 7) is 2.25. The third kappa shape index (κ3) is 4.73. The van der Waals surface area contributed by atoms with Crippen molar-refractivity contribution >= 4 is 15.7 Å². The van der Waals surface area contributed by atoms with Crippen LogP contribution in [0.4, 0.5) is 0 Å². The molecule has 2 heterocycles. The van der Waals surface area contributed by atoms with E-state index in [-0.39, 0.29) is 30.0 Å². The summed E-state index contributed by atoms with van der Waals surface area (Å²) in [7, 11) is -3.12. The maximum atomic E-state index is 13.1. The Morgan fingerprint density at radius 3 is 2.53 bits per heavy atom. The van der Waals surface area contributed by atoms with Crippen LogP contribution in [0.25, 0.3) is 11.4 Å². The van der Waals surface area contributed by atoms with Crippen LogP contribution in [0.3, 0.4) is 0 Å². The van der Waals surface area contributed by atoms with Gasteiger partial charge in [-0.3, -0.25) is 4.79 Å². The Labute approximate surface area is 175 Å². The molecule has 1 aliphatic rings. The highest BCUT2D eigenvalue weighted by molar-refractivity contribution is 7.91. The zero-order valence-electron chi connectivity index (χ0n) is 16.7. The fourth-order valence-electron chi connectivity index (χ4n) is 3.56. The van der Waals surface area contributed by atoms with Gasteiger partial charge in [-0.05, 0) is 24.1 Å². The normalized spacial score (nSPS) is 17.7. The topological polar surface area (TPSA) is 98.0 Å². The van der Waals surface area contributed by atoms with E-state index < -0.39 is 9.84 Å². The molecule has 30 heavy (non-hydrogen) atoms. The summed E-state index contributed by atoms with van der Waals surface area (Å²) >= 11 is 0. The molecule has 9 heteroatoms. The van der Waals surface area contributed by atoms with E-state index in [1.54, 1.807) is 4.90 Å². The lowest BCUT2D eigenvalue weighted by Crippen LogP contribution is -2.42. The number of tetrazole rings is 1. The fraction of sp³-hybridized carbons (Fsp3) is 0.333. The smallest absolute Gasteiger partial charge is 0.246 e. The number of aryl methyl sites for hydroxylation is 1. The van der Waals surface area contributed by atoms with Crippen molar-refractivity contribution in [3.63, 3.8) is 0 Å². The van der Waals surface area contributed by atoms with Gasteiger partial charge in [0.1, 0.15) is 6.54 Å². The predicted octanol–water partition coefficient (Wildman–Crippen LogP) is 1.86. The van der Waals surface area contributed by atoms with E-state index in [1.807, 2.05) is 61.5 Å². The number of rotatable bonds is 6. The van der Waals surface area contributed by atoms with E-state index in [2.05, 4.69) is 15.4 Å². The zero-order valence-corrected chi connectivity index (χ0v) is 17.5. The number of hydrogen-bond acceptors (Lipinski definition) is 6. The number of amides is 1. The summed E-state index contributed by atoms with van der Waals surface area (Å²) in [6, 6.07) is 16.9. The number of sulfone groups is 1. The van der Waals surface area contributed by atoms with Crippen molar-refractivity contribution in [1.82, 2.24) is 25.1 Å². The van der Waals surface area contributed by atoms with Crippen molar-refractivity contribution in [2.24, 2.45) is 0 Å². The Hall–Kier alpha value is -3.07. The SMILES string of the molecule is Cc1ccc(-c2nnn(CC(=O)N(Cc3ccccc3)[C@@H]3CCS(=O)(=O)C3)n2)cc1. The maximum Gasteiger partial charge on any atom is 0.246 e. The first kappa shape index (κ1) is 20.2. The van der Waals surface area contributed by atoms with Gasteiger partial charge in [0.2, 0.25) is 11.7 Å². The number of hydrogen-bond donors (Lipinski definition) is 0. The van der Waals surface area contributed by atoms with E-state index in [4.69, 9.17) is 0 Å². The van der Waals surface area contributed by atoms with Crippen LogP contribution in [0.5, 0.6) is 0 Å². The summed E-state index contributed by atoms with van der Waals surface area (Å²) in [5.74, 6) is 0.315. The van der Waals surface area contributed by atoms with Crippen LogP contribution in [0.15, 0.2) is 54.6 Å². The molecule has 4 rings (SSSR count). The summed E-state index contributed by atoms with van der Waals surface area (Å²) in [6.07, 6.45) is 0.445. The molecule has 3 aromatic rings. The van der Waals surface area contributed by atoms with Crippen LogP contribution in [0.2, 0.25) is 0 Å². The maximum absolute atomic E-state index is 13.1. The van der Waals surface area contributed by atoms with Crippen LogP contribution < -0.4 is 0 Å². The van der Waals surface area contributed by atoms with Gasteiger partial charge in [-0.15, -0.1) is 10.2 Å². The third-order valence-electron chi connectivity index (χ3n) is 5.20. The third-order valence-corrected chi connectivity index (χ3v) is 6.95. The molecule has 1 amide bonds. The quantitative estimate of drug-likeness (QED) is 0.598. The van der Waals surface area contributed by atoms with Gasteiger partial charge in [-0.25, -0.2) is 8.42 Å². The summed E-state index contributed by atoms with van der Waals surface area (Å²) in [5, 5.41) is 12.4. The van der Waals surface area contributed by atoms with Crippen molar-refractivity contribution in [2.75, 3.05) is 11.5 Å². The van der Waals surface area contributed by atoms with Gasteiger partial charge in [-0.1, -0.05) is 60.2 Å². The zero-order chi connectivity index (χ0) is 21.1. The Kier molecular flexibility index (Phi) is 5.63. The van der Waals surface area contributed by atoms with Crippen LogP contribution in [-0.2, 0) is 27.7 Å². The molecule has 8 nitrogen and oxygen atoms in total. The molecular weight excluding hydrogens is 402 g/mol. The van der Waals surface area contributed by atoms with E-state index in [9.17, 15) is 13.2 Å². The molecule has 0 N–H and O–H groups in total. The van der Waals surface area contributed by atoms with E-state index in [0.717, 1.165) is 16.7 Å². The second-order valence-electron chi connectivity index (χ2n) is 7.57. The summed E-state index contributed by atoms with van der Waals surface area (Å²) in [5.41, 5.74) is 2.90. The number of benzene rings is 2. The Morgan fingerprint density at radius 1 is 1.13 bits per heavy atom. The highest BCUT2D eigenvalue weighted by Crippen LogP contribution is 2.21. The average Bonchev–Trinajstić information content (AvgIpc) is 3.33. The average molecular weight is 426 g/mol. The van der Waals surface area contributed by atoms with Gasteiger partial charge in [0, 0.05) is 18.2 Å². The van der Waals surface area contributed by atoms with Crippen molar-refractivity contribution in [2.45, 2.75) is 32.5 Å². The number of aromatic nitrogens is 4. The molecule has 2 aromatic carbocycles. The van der Waals surface area contributed by atoms with Crippen molar-refractivity contribution in [3.8, 4) is 11.4 Å². The number of carbonyl (C=O) groups is 1.